The largest absolute Gasteiger partial charge is 0.294 e. The lowest BCUT2D eigenvalue weighted by atomic mass is 9.92. The summed E-state index contributed by atoms with van der Waals surface area (Å²) in [4.78, 5) is -0.0393. The maximum atomic E-state index is 10.9. The van der Waals surface area contributed by atoms with Gasteiger partial charge in [-0.1, -0.05) is 32.4 Å². The molecule has 1 atom stereocenters. The van der Waals surface area contributed by atoms with Crippen LogP contribution in [0.1, 0.15) is 44.6 Å². The number of hydrogen-bond acceptors (Lipinski definition) is 2. The second-order valence-electron chi connectivity index (χ2n) is 3.94. The second-order valence-corrected chi connectivity index (χ2v) is 5.36. The lowest BCUT2D eigenvalue weighted by Crippen LogP contribution is -2.00. The van der Waals surface area contributed by atoms with E-state index in [9.17, 15) is 8.42 Å². The van der Waals surface area contributed by atoms with E-state index >= 15 is 0 Å². The fraction of sp³-hybridized carbons (Fsp3) is 0.500. The summed E-state index contributed by atoms with van der Waals surface area (Å²) in [5.41, 5.74) is 1.14. The maximum Gasteiger partial charge on any atom is 0.294 e. The molecule has 90 valence electrons. The van der Waals surface area contributed by atoms with Crippen molar-refractivity contribution >= 4 is 10.1 Å². The molecule has 1 N–H and O–H groups in total. The van der Waals surface area contributed by atoms with E-state index in [2.05, 4.69) is 13.8 Å². The van der Waals surface area contributed by atoms with Crippen LogP contribution in [0.3, 0.4) is 0 Å². The van der Waals surface area contributed by atoms with Crippen LogP contribution in [0.15, 0.2) is 29.2 Å². The van der Waals surface area contributed by atoms with Gasteiger partial charge in [0.05, 0.1) is 4.90 Å². The van der Waals surface area contributed by atoms with Crippen molar-refractivity contribution in [2.75, 3.05) is 0 Å². The van der Waals surface area contributed by atoms with Gasteiger partial charge in [-0.05, 0) is 36.5 Å². The van der Waals surface area contributed by atoms with E-state index in [4.69, 9.17) is 4.55 Å². The van der Waals surface area contributed by atoms with Crippen molar-refractivity contribution < 1.29 is 13.0 Å². The zero-order valence-electron chi connectivity index (χ0n) is 9.68. The molecular weight excluding hydrogens is 224 g/mol. The monoisotopic (exact) mass is 242 g/mol. The molecule has 1 unspecified atom stereocenters. The standard InChI is InChI=1S/C12H18O3S/c1-3-5-10(4-2)11-6-8-12(9-7-11)16(13,14)15/h6-10H,3-5H2,1-2H3,(H,13,14,15). The number of benzene rings is 1. The Kier molecular flexibility index (Phi) is 4.50. The molecule has 16 heavy (non-hydrogen) atoms. The van der Waals surface area contributed by atoms with Crippen molar-refractivity contribution in [1.29, 1.82) is 0 Å². The fourth-order valence-electron chi connectivity index (χ4n) is 1.87. The highest BCUT2D eigenvalue weighted by atomic mass is 32.2. The second kappa shape index (κ2) is 5.46. The van der Waals surface area contributed by atoms with E-state index in [1.807, 2.05) is 0 Å². The highest BCUT2D eigenvalue weighted by molar-refractivity contribution is 7.85. The van der Waals surface area contributed by atoms with Crippen LogP contribution >= 0.6 is 0 Å². The van der Waals surface area contributed by atoms with E-state index in [0.29, 0.717) is 5.92 Å². The number of rotatable bonds is 5. The predicted octanol–water partition coefficient (Wildman–Crippen LogP) is 3.23. The molecule has 0 radical (unpaired) electrons. The first-order chi connectivity index (χ1) is 7.49. The summed E-state index contributed by atoms with van der Waals surface area (Å²) in [6.07, 6.45) is 3.25. The molecule has 0 aliphatic heterocycles. The SMILES string of the molecule is CCCC(CC)c1ccc(S(=O)(=O)O)cc1. The fourth-order valence-corrected chi connectivity index (χ4v) is 2.35. The molecule has 0 aliphatic carbocycles. The molecule has 0 heterocycles. The summed E-state index contributed by atoms with van der Waals surface area (Å²) in [7, 11) is -4.06. The lowest BCUT2D eigenvalue weighted by Gasteiger charge is -2.14. The topological polar surface area (TPSA) is 54.4 Å². The van der Waals surface area contributed by atoms with E-state index in [-0.39, 0.29) is 4.90 Å². The summed E-state index contributed by atoms with van der Waals surface area (Å²) >= 11 is 0. The molecule has 1 aromatic carbocycles. The molecule has 1 aromatic rings. The zero-order valence-corrected chi connectivity index (χ0v) is 10.5. The average molecular weight is 242 g/mol. The molecule has 4 heteroatoms. The van der Waals surface area contributed by atoms with Crippen molar-refractivity contribution in [3.05, 3.63) is 29.8 Å². The third kappa shape index (κ3) is 3.32. The van der Waals surface area contributed by atoms with Gasteiger partial charge in [0, 0.05) is 0 Å². The molecule has 0 saturated heterocycles. The van der Waals surface area contributed by atoms with Crippen LogP contribution < -0.4 is 0 Å². The van der Waals surface area contributed by atoms with Gasteiger partial charge in [-0.3, -0.25) is 4.55 Å². The van der Waals surface area contributed by atoms with Gasteiger partial charge >= 0.3 is 0 Å². The molecule has 1 rings (SSSR count). The molecule has 3 nitrogen and oxygen atoms in total. The van der Waals surface area contributed by atoms with E-state index in [1.165, 1.54) is 12.1 Å². The van der Waals surface area contributed by atoms with Crippen molar-refractivity contribution in [3.8, 4) is 0 Å². The Morgan fingerprint density at radius 3 is 2.12 bits per heavy atom. The summed E-state index contributed by atoms with van der Waals surface area (Å²) in [6, 6.07) is 6.49. The molecule has 0 bridgehead atoms. The summed E-state index contributed by atoms with van der Waals surface area (Å²) < 4.78 is 30.6. The molecule has 0 saturated carbocycles. The van der Waals surface area contributed by atoms with Gasteiger partial charge in [0.15, 0.2) is 0 Å². The minimum Gasteiger partial charge on any atom is -0.282 e. The van der Waals surface area contributed by atoms with Crippen LogP contribution in [0.5, 0.6) is 0 Å². The quantitative estimate of drug-likeness (QED) is 0.806. The van der Waals surface area contributed by atoms with Gasteiger partial charge in [-0.15, -0.1) is 0 Å². The van der Waals surface area contributed by atoms with Crippen LogP contribution in [0.4, 0.5) is 0 Å². The highest BCUT2D eigenvalue weighted by Crippen LogP contribution is 2.25. The van der Waals surface area contributed by atoms with E-state index < -0.39 is 10.1 Å². The molecule has 0 spiro atoms. The van der Waals surface area contributed by atoms with Gasteiger partial charge in [-0.25, -0.2) is 0 Å². The van der Waals surface area contributed by atoms with Gasteiger partial charge in [0.2, 0.25) is 0 Å². The molecule has 0 amide bonds. The van der Waals surface area contributed by atoms with Crippen LogP contribution in [-0.4, -0.2) is 13.0 Å². The van der Waals surface area contributed by atoms with Gasteiger partial charge in [0.25, 0.3) is 10.1 Å². The Bertz CT molecular complexity index is 420. The first-order valence-electron chi connectivity index (χ1n) is 5.56. The van der Waals surface area contributed by atoms with Gasteiger partial charge in [0.1, 0.15) is 0 Å². The van der Waals surface area contributed by atoms with E-state index in [1.54, 1.807) is 12.1 Å². The highest BCUT2D eigenvalue weighted by Gasteiger charge is 2.12. The smallest absolute Gasteiger partial charge is 0.282 e. The Hall–Kier alpha value is -0.870. The van der Waals surface area contributed by atoms with Crippen molar-refractivity contribution in [2.45, 2.75) is 43.9 Å². The molecular formula is C12H18O3S. The summed E-state index contributed by atoms with van der Waals surface area (Å²) in [5.74, 6) is 0.473. The van der Waals surface area contributed by atoms with Crippen molar-refractivity contribution in [1.82, 2.24) is 0 Å². The van der Waals surface area contributed by atoms with Crippen LogP contribution in [0, 0.1) is 0 Å². The molecule has 0 fully saturated rings. The van der Waals surface area contributed by atoms with Crippen molar-refractivity contribution in [2.24, 2.45) is 0 Å². The van der Waals surface area contributed by atoms with Crippen molar-refractivity contribution in [3.63, 3.8) is 0 Å². The Morgan fingerprint density at radius 1 is 1.19 bits per heavy atom. The Morgan fingerprint density at radius 2 is 1.75 bits per heavy atom. The van der Waals surface area contributed by atoms with Crippen LogP contribution in [0.25, 0.3) is 0 Å². The predicted molar refractivity (Wildman–Crippen MR) is 64.2 cm³/mol. The zero-order chi connectivity index (χ0) is 12.2. The normalized spacial score (nSPS) is 13.7. The summed E-state index contributed by atoms with van der Waals surface area (Å²) in [6.45, 7) is 4.26. The first kappa shape index (κ1) is 13.2. The van der Waals surface area contributed by atoms with Crippen LogP contribution in [0.2, 0.25) is 0 Å². The Labute approximate surface area is 97.2 Å². The van der Waals surface area contributed by atoms with Gasteiger partial charge < -0.3 is 0 Å². The number of hydrogen-bond donors (Lipinski definition) is 1. The average Bonchev–Trinajstić information content (AvgIpc) is 2.25. The Balaban J connectivity index is 2.93. The minimum atomic E-state index is -4.06. The third-order valence-corrected chi connectivity index (χ3v) is 3.65. The lowest BCUT2D eigenvalue weighted by molar-refractivity contribution is 0.483. The molecule has 0 aliphatic rings. The maximum absolute atomic E-state index is 10.9. The summed E-state index contributed by atoms with van der Waals surface area (Å²) in [5, 5.41) is 0. The van der Waals surface area contributed by atoms with E-state index in [0.717, 1.165) is 24.8 Å². The third-order valence-electron chi connectivity index (χ3n) is 2.78. The first-order valence-corrected chi connectivity index (χ1v) is 7.00. The van der Waals surface area contributed by atoms with Crippen LogP contribution in [-0.2, 0) is 10.1 Å². The van der Waals surface area contributed by atoms with Gasteiger partial charge in [-0.2, -0.15) is 8.42 Å². The molecule has 0 aromatic heterocycles. The minimum absolute atomic E-state index is 0.0393.